The normalized spacial score (nSPS) is 32.0. The highest BCUT2D eigenvalue weighted by Gasteiger charge is 2.50. The molecule has 4 nitrogen and oxygen atoms in total. The van der Waals surface area contributed by atoms with Gasteiger partial charge in [-0.05, 0) is 80.4 Å². The van der Waals surface area contributed by atoms with E-state index in [0.717, 1.165) is 29.9 Å². The highest BCUT2D eigenvalue weighted by Crippen LogP contribution is 2.56. The molecule has 1 amide bonds. The SMILES string of the molecule is Cc1nccn1Cc1ccc(NC(=O)C2C3CC4CC(C3)CC2C4)cc1. The lowest BCUT2D eigenvalue weighted by atomic mass is 9.51. The number of amides is 1. The van der Waals surface area contributed by atoms with Gasteiger partial charge in [0, 0.05) is 30.5 Å². The second-order valence-corrected chi connectivity index (χ2v) is 8.75. The smallest absolute Gasteiger partial charge is 0.228 e. The molecule has 0 saturated heterocycles. The molecule has 0 atom stereocenters. The van der Waals surface area contributed by atoms with E-state index in [1.165, 1.54) is 37.7 Å². The number of carbonyl (C=O) groups is 1. The third-order valence-electron chi connectivity index (χ3n) is 7.03. The molecule has 136 valence electrons. The second-order valence-electron chi connectivity index (χ2n) is 8.75. The van der Waals surface area contributed by atoms with Gasteiger partial charge in [-0.2, -0.15) is 0 Å². The minimum Gasteiger partial charge on any atom is -0.331 e. The Labute approximate surface area is 155 Å². The number of anilines is 1. The van der Waals surface area contributed by atoms with Gasteiger partial charge < -0.3 is 9.88 Å². The molecule has 0 spiro atoms. The molecule has 0 aliphatic heterocycles. The lowest BCUT2D eigenvalue weighted by Gasteiger charge is -2.53. The van der Waals surface area contributed by atoms with E-state index in [2.05, 4.69) is 27.0 Å². The fraction of sp³-hybridized carbons (Fsp3) is 0.545. The molecule has 1 aromatic heterocycles. The Bertz CT molecular complexity index is 779. The van der Waals surface area contributed by atoms with E-state index in [1.807, 2.05) is 31.5 Å². The summed E-state index contributed by atoms with van der Waals surface area (Å²) in [4.78, 5) is 17.2. The number of nitrogens with zero attached hydrogens (tertiary/aromatic N) is 2. The summed E-state index contributed by atoms with van der Waals surface area (Å²) in [6.45, 7) is 2.83. The van der Waals surface area contributed by atoms with Crippen molar-refractivity contribution in [3.05, 3.63) is 48.0 Å². The summed E-state index contributed by atoms with van der Waals surface area (Å²) in [5, 5.41) is 3.21. The molecule has 4 heteroatoms. The van der Waals surface area contributed by atoms with Crippen molar-refractivity contribution in [2.45, 2.75) is 45.6 Å². The number of carbonyl (C=O) groups excluding carboxylic acids is 1. The molecule has 1 heterocycles. The number of aryl methyl sites for hydroxylation is 1. The molecule has 4 fully saturated rings. The summed E-state index contributed by atoms with van der Waals surface area (Å²) in [5.74, 6) is 4.61. The van der Waals surface area contributed by atoms with Gasteiger partial charge >= 0.3 is 0 Å². The van der Waals surface area contributed by atoms with E-state index in [-0.39, 0.29) is 11.8 Å². The average Bonchev–Trinajstić information content (AvgIpc) is 3.00. The lowest BCUT2D eigenvalue weighted by Crippen LogP contribution is -2.49. The zero-order valence-electron chi connectivity index (χ0n) is 15.4. The molecule has 6 rings (SSSR count). The Morgan fingerprint density at radius 3 is 2.31 bits per heavy atom. The van der Waals surface area contributed by atoms with E-state index < -0.39 is 0 Å². The minimum absolute atomic E-state index is 0.246. The maximum atomic E-state index is 13.0. The van der Waals surface area contributed by atoms with Gasteiger partial charge in [0.25, 0.3) is 0 Å². The summed E-state index contributed by atoms with van der Waals surface area (Å²) in [6, 6.07) is 8.28. The Hall–Kier alpha value is -2.10. The highest BCUT2D eigenvalue weighted by molar-refractivity contribution is 5.93. The van der Waals surface area contributed by atoms with Crippen LogP contribution in [0.2, 0.25) is 0 Å². The van der Waals surface area contributed by atoms with Crippen molar-refractivity contribution in [3.63, 3.8) is 0 Å². The maximum absolute atomic E-state index is 13.0. The second kappa shape index (κ2) is 6.26. The Kier molecular flexibility index (Phi) is 3.87. The number of rotatable bonds is 4. The predicted molar refractivity (Wildman–Crippen MR) is 102 cm³/mol. The Morgan fingerprint density at radius 2 is 1.73 bits per heavy atom. The van der Waals surface area contributed by atoms with Crippen LogP contribution < -0.4 is 5.32 Å². The molecule has 1 N–H and O–H groups in total. The van der Waals surface area contributed by atoms with Crippen molar-refractivity contribution in [1.82, 2.24) is 9.55 Å². The standard InChI is InChI=1S/C22H27N3O/c1-14-23-6-7-25(14)13-15-2-4-20(5-3-15)24-22(26)21-18-9-16-8-17(11-18)12-19(21)10-16/h2-7,16-19,21H,8-13H2,1H3,(H,24,26). The van der Waals surface area contributed by atoms with Crippen LogP contribution in [0.1, 0.15) is 43.5 Å². The van der Waals surface area contributed by atoms with E-state index >= 15 is 0 Å². The third-order valence-corrected chi connectivity index (χ3v) is 7.03. The van der Waals surface area contributed by atoms with E-state index in [0.29, 0.717) is 11.8 Å². The number of hydrogen-bond donors (Lipinski definition) is 1. The van der Waals surface area contributed by atoms with Crippen LogP contribution in [0.25, 0.3) is 0 Å². The fourth-order valence-corrected chi connectivity index (χ4v) is 6.04. The molecular formula is C22H27N3O. The van der Waals surface area contributed by atoms with Crippen molar-refractivity contribution in [2.75, 3.05) is 5.32 Å². The van der Waals surface area contributed by atoms with Gasteiger partial charge in [-0.3, -0.25) is 4.79 Å². The first kappa shape index (κ1) is 16.1. The Morgan fingerprint density at radius 1 is 1.08 bits per heavy atom. The van der Waals surface area contributed by atoms with Crippen LogP contribution in [-0.4, -0.2) is 15.5 Å². The number of hydrogen-bond acceptors (Lipinski definition) is 2. The molecule has 0 radical (unpaired) electrons. The molecule has 0 unspecified atom stereocenters. The van der Waals surface area contributed by atoms with E-state index in [4.69, 9.17) is 0 Å². The van der Waals surface area contributed by atoms with Crippen LogP contribution in [0, 0.1) is 36.5 Å². The minimum atomic E-state index is 0.246. The summed E-state index contributed by atoms with van der Waals surface area (Å²) in [7, 11) is 0. The molecule has 26 heavy (non-hydrogen) atoms. The quantitative estimate of drug-likeness (QED) is 0.897. The fourth-order valence-electron chi connectivity index (χ4n) is 6.04. The zero-order chi connectivity index (χ0) is 17.7. The lowest BCUT2D eigenvalue weighted by molar-refractivity contribution is -0.132. The van der Waals surface area contributed by atoms with E-state index in [1.54, 1.807) is 0 Å². The van der Waals surface area contributed by atoms with Gasteiger partial charge in [-0.1, -0.05) is 12.1 Å². The highest BCUT2D eigenvalue weighted by atomic mass is 16.1. The predicted octanol–water partition coefficient (Wildman–Crippen LogP) is 4.25. The summed E-state index contributed by atoms with van der Waals surface area (Å²) in [5.41, 5.74) is 2.15. The first-order valence-electron chi connectivity index (χ1n) is 10.0. The molecule has 1 aromatic carbocycles. The van der Waals surface area contributed by atoms with Crippen LogP contribution in [-0.2, 0) is 11.3 Å². The number of aromatic nitrogens is 2. The van der Waals surface area contributed by atoms with Crippen LogP contribution >= 0.6 is 0 Å². The van der Waals surface area contributed by atoms with E-state index in [9.17, 15) is 4.79 Å². The molecule has 2 aromatic rings. The zero-order valence-corrected chi connectivity index (χ0v) is 15.4. The van der Waals surface area contributed by atoms with Crippen molar-refractivity contribution < 1.29 is 4.79 Å². The van der Waals surface area contributed by atoms with Crippen LogP contribution in [0.15, 0.2) is 36.7 Å². The number of nitrogens with one attached hydrogen (secondary N) is 1. The van der Waals surface area contributed by atoms with Crippen LogP contribution in [0.4, 0.5) is 5.69 Å². The maximum Gasteiger partial charge on any atom is 0.228 e. The topological polar surface area (TPSA) is 46.9 Å². The summed E-state index contributed by atoms with van der Waals surface area (Å²) in [6.07, 6.45) is 10.4. The van der Waals surface area contributed by atoms with Gasteiger partial charge in [0.2, 0.25) is 5.91 Å². The van der Waals surface area contributed by atoms with Gasteiger partial charge in [0.15, 0.2) is 0 Å². The summed E-state index contributed by atoms with van der Waals surface area (Å²) < 4.78 is 2.13. The van der Waals surface area contributed by atoms with Crippen molar-refractivity contribution in [1.29, 1.82) is 0 Å². The molecule has 4 aliphatic carbocycles. The number of imidazole rings is 1. The molecule has 4 saturated carbocycles. The first-order chi connectivity index (χ1) is 12.7. The monoisotopic (exact) mass is 349 g/mol. The van der Waals surface area contributed by atoms with Gasteiger partial charge in [-0.15, -0.1) is 0 Å². The van der Waals surface area contributed by atoms with Crippen molar-refractivity contribution >= 4 is 11.6 Å². The molecular weight excluding hydrogens is 322 g/mol. The average molecular weight is 349 g/mol. The Balaban J connectivity index is 1.25. The summed E-state index contributed by atoms with van der Waals surface area (Å²) >= 11 is 0. The van der Waals surface area contributed by atoms with Gasteiger partial charge in [0.05, 0.1) is 0 Å². The molecule has 4 bridgehead atoms. The number of benzene rings is 1. The van der Waals surface area contributed by atoms with Crippen molar-refractivity contribution in [2.24, 2.45) is 29.6 Å². The molecule has 4 aliphatic rings. The van der Waals surface area contributed by atoms with Crippen molar-refractivity contribution in [3.8, 4) is 0 Å². The van der Waals surface area contributed by atoms with Crippen LogP contribution in [0.5, 0.6) is 0 Å². The first-order valence-corrected chi connectivity index (χ1v) is 10.0. The van der Waals surface area contributed by atoms with Gasteiger partial charge in [-0.25, -0.2) is 4.98 Å². The largest absolute Gasteiger partial charge is 0.331 e. The van der Waals surface area contributed by atoms with Crippen LogP contribution in [0.3, 0.4) is 0 Å². The third kappa shape index (κ3) is 2.85. The van der Waals surface area contributed by atoms with Gasteiger partial charge in [0.1, 0.15) is 5.82 Å².